The predicted molar refractivity (Wildman–Crippen MR) is 124 cm³/mol. The van der Waals surface area contributed by atoms with E-state index in [0.717, 1.165) is 27.8 Å². The topological polar surface area (TPSA) is 66.5 Å². The van der Waals surface area contributed by atoms with Crippen LogP contribution in [-0.4, -0.2) is 25.2 Å². The van der Waals surface area contributed by atoms with Gasteiger partial charge in [-0.1, -0.05) is 53.6 Å². The van der Waals surface area contributed by atoms with Crippen molar-refractivity contribution in [2.75, 3.05) is 11.9 Å². The molecule has 1 N–H and O–H groups in total. The summed E-state index contributed by atoms with van der Waals surface area (Å²) < 4.78 is 28.0. The normalized spacial score (nSPS) is 11.5. The lowest BCUT2D eigenvalue weighted by Gasteiger charge is -2.22. The highest BCUT2D eigenvalue weighted by Gasteiger charge is 2.27. The fraction of sp³-hybridized carbons (Fsp3) is 0.240. The van der Waals surface area contributed by atoms with Crippen LogP contribution in [0.5, 0.6) is 0 Å². The Labute approximate surface area is 184 Å². The summed E-state index contributed by atoms with van der Waals surface area (Å²) in [4.78, 5) is 13.0. The molecule has 0 atom stereocenters. The molecule has 3 aromatic rings. The van der Waals surface area contributed by atoms with Gasteiger partial charge in [0.2, 0.25) is 15.9 Å². The average molecular weight is 437 g/mol. The van der Waals surface area contributed by atoms with Crippen molar-refractivity contribution >= 4 is 21.6 Å². The highest BCUT2D eigenvalue weighted by molar-refractivity contribution is 7.89. The molecule has 3 aromatic carbocycles. The van der Waals surface area contributed by atoms with Crippen molar-refractivity contribution in [3.63, 3.8) is 0 Å². The number of aryl methyl sites for hydroxylation is 4. The molecule has 0 aliphatic rings. The second-order valence-electron chi connectivity index (χ2n) is 7.92. The van der Waals surface area contributed by atoms with Crippen molar-refractivity contribution in [1.29, 1.82) is 0 Å². The van der Waals surface area contributed by atoms with Crippen molar-refractivity contribution in [2.45, 2.75) is 39.1 Å². The van der Waals surface area contributed by atoms with Crippen LogP contribution < -0.4 is 5.32 Å². The van der Waals surface area contributed by atoms with Gasteiger partial charge < -0.3 is 5.32 Å². The van der Waals surface area contributed by atoms with Gasteiger partial charge in [-0.3, -0.25) is 4.79 Å². The van der Waals surface area contributed by atoms with E-state index in [0.29, 0.717) is 5.69 Å². The van der Waals surface area contributed by atoms with Gasteiger partial charge >= 0.3 is 0 Å². The maximum Gasteiger partial charge on any atom is 0.243 e. The highest BCUT2D eigenvalue weighted by Crippen LogP contribution is 2.20. The van der Waals surface area contributed by atoms with E-state index in [4.69, 9.17) is 0 Å². The van der Waals surface area contributed by atoms with E-state index >= 15 is 0 Å². The summed E-state index contributed by atoms with van der Waals surface area (Å²) >= 11 is 0. The van der Waals surface area contributed by atoms with E-state index in [-0.39, 0.29) is 23.9 Å². The van der Waals surface area contributed by atoms with E-state index in [1.165, 1.54) is 4.31 Å². The molecule has 0 unspecified atom stereocenters. The van der Waals surface area contributed by atoms with Gasteiger partial charge in [0.25, 0.3) is 0 Å². The maximum atomic E-state index is 13.4. The van der Waals surface area contributed by atoms with Crippen molar-refractivity contribution < 1.29 is 13.2 Å². The maximum absolute atomic E-state index is 13.4. The number of nitrogens with one attached hydrogen (secondary N) is 1. The van der Waals surface area contributed by atoms with Gasteiger partial charge in [-0.05, 0) is 68.7 Å². The minimum absolute atomic E-state index is 0.109. The lowest BCUT2D eigenvalue weighted by Crippen LogP contribution is -2.37. The molecular formula is C25H28N2O3S. The fourth-order valence-electron chi connectivity index (χ4n) is 3.28. The van der Waals surface area contributed by atoms with Crippen LogP contribution in [0.1, 0.15) is 27.8 Å². The van der Waals surface area contributed by atoms with Crippen LogP contribution in [0.3, 0.4) is 0 Å². The first-order valence-electron chi connectivity index (χ1n) is 10.1. The zero-order chi connectivity index (χ0) is 22.6. The molecule has 0 saturated carbocycles. The number of amides is 1. The number of carbonyl (C=O) groups is 1. The first kappa shape index (κ1) is 22.7. The molecule has 0 spiro atoms. The van der Waals surface area contributed by atoms with Crippen LogP contribution in [0.4, 0.5) is 5.69 Å². The van der Waals surface area contributed by atoms with Gasteiger partial charge in [0.05, 0.1) is 11.4 Å². The number of hydrogen-bond acceptors (Lipinski definition) is 3. The van der Waals surface area contributed by atoms with Gasteiger partial charge in [0, 0.05) is 12.2 Å². The summed E-state index contributed by atoms with van der Waals surface area (Å²) in [6, 6.07) is 19.9. The Morgan fingerprint density at radius 3 is 2.19 bits per heavy atom. The lowest BCUT2D eigenvalue weighted by atomic mass is 10.1. The SMILES string of the molecule is Cc1ccc(S(=O)(=O)N(CC(=O)Nc2ccc(C)c(C)c2)Cc2cccc(C)c2)cc1. The number of anilines is 1. The fourth-order valence-corrected chi connectivity index (χ4v) is 4.66. The Morgan fingerprint density at radius 1 is 0.839 bits per heavy atom. The van der Waals surface area contributed by atoms with Crippen molar-refractivity contribution in [2.24, 2.45) is 0 Å². The molecule has 162 valence electrons. The van der Waals surface area contributed by atoms with E-state index in [1.54, 1.807) is 24.3 Å². The second-order valence-corrected chi connectivity index (χ2v) is 9.86. The lowest BCUT2D eigenvalue weighted by molar-refractivity contribution is -0.116. The number of nitrogens with zero attached hydrogens (tertiary/aromatic N) is 1. The molecule has 0 saturated heterocycles. The zero-order valence-electron chi connectivity index (χ0n) is 18.3. The molecule has 0 bridgehead atoms. The van der Waals surface area contributed by atoms with Crippen LogP contribution in [0, 0.1) is 27.7 Å². The third-order valence-corrected chi connectivity index (χ3v) is 7.02. The van der Waals surface area contributed by atoms with Crippen LogP contribution in [0.15, 0.2) is 71.6 Å². The van der Waals surface area contributed by atoms with Crippen LogP contribution >= 0.6 is 0 Å². The number of sulfonamides is 1. The Bertz CT molecular complexity index is 1190. The standard InChI is InChI=1S/C25H28N2O3S/c1-18-8-12-24(13-9-18)31(29,30)27(16-22-7-5-6-19(2)14-22)17-25(28)26-23-11-10-20(3)21(4)15-23/h5-15H,16-17H2,1-4H3,(H,26,28). The first-order chi connectivity index (χ1) is 14.6. The summed E-state index contributed by atoms with van der Waals surface area (Å²) in [5, 5.41) is 2.83. The van der Waals surface area contributed by atoms with Gasteiger partial charge in [-0.2, -0.15) is 4.31 Å². The van der Waals surface area contributed by atoms with Crippen LogP contribution in [0.25, 0.3) is 0 Å². The van der Waals surface area contributed by atoms with E-state index in [2.05, 4.69) is 5.32 Å². The Balaban J connectivity index is 1.88. The Morgan fingerprint density at radius 2 is 1.55 bits per heavy atom. The molecular weight excluding hydrogens is 408 g/mol. The van der Waals surface area contributed by atoms with Crippen LogP contribution in [0.2, 0.25) is 0 Å². The third kappa shape index (κ3) is 5.81. The number of hydrogen-bond donors (Lipinski definition) is 1. The number of carbonyl (C=O) groups excluding carboxylic acids is 1. The first-order valence-corrected chi connectivity index (χ1v) is 11.6. The summed E-state index contributed by atoms with van der Waals surface area (Å²) in [7, 11) is -3.86. The Kier molecular flexibility index (Phi) is 6.93. The summed E-state index contributed by atoms with van der Waals surface area (Å²) in [5.41, 5.74) is 5.66. The molecule has 0 aliphatic carbocycles. The van der Waals surface area contributed by atoms with Gasteiger partial charge in [0.1, 0.15) is 0 Å². The summed E-state index contributed by atoms with van der Waals surface area (Å²) in [5.74, 6) is -0.383. The molecule has 31 heavy (non-hydrogen) atoms. The predicted octanol–water partition coefficient (Wildman–Crippen LogP) is 4.75. The zero-order valence-corrected chi connectivity index (χ0v) is 19.2. The molecule has 0 fully saturated rings. The quantitative estimate of drug-likeness (QED) is 0.581. The molecule has 0 aliphatic heterocycles. The van der Waals surface area contributed by atoms with Gasteiger partial charge in [-0.25, -0.2) is 8.42 Å². The third-order valence-electron chi connectivity index (χ3n) is 5.21. The van der Waals surface area contributed by atoms with Crippen molar-refractivity contribution in [3.05, 3.63) is 94.5 Å². The second kappa shape index (κ2) is 9.45. The molecule has 3 rings (SSSR count). The van der Waals surface area contributed by atoms with Crippen molar-refractivity contribution in [3.8, 4) is 0 Å². The van der Waals surface area contributed by atoms with Crippen molar-refractivity contribution in [1.82, 2.24) is 4.31 Å². The minimum Gasteiger partial charge on any atom is -0.325 e. The Hall–Kier alpha value is -2.96. The molecule has 6 heteroatoms. The van der Waals surface area contributed by atoms with E-state index in [9.17, 15) is 13.2 Å². The van der Waals surface area contributed by atoms with Gasteiger partial charge in [-0.15, -0.1) is 0 Å². The summed E-state index contributed by atoms with van der Waals surface area (Å²) in [6.07, 6.45) is 0. The number of benzene rings is 3. The highest BCUT2D eigenvalue weighted by atomic mass is 32.2. The molecule has 1 amide bonds. The summed E-state index contributed by atoms with van der Waals surface area (Å²) in [6.45, 7) is 7.65. The minimum atomic E-state index is -3.86. The number of rotatable bonds is 7. The van der Waals surface area contributed by atoms with Gasteiger partial charge in [0.15, 0.2) is 0 Å². The molecule has 0 aromatic heterocycles. The average Bonchev–Trinajstić information content (AvgIpc) is 2.70. The van der Waals surface area contributed by atoms with E-state index in [1.807, 2.05) is 70.2 Å². The molecule has 0 radical (unpaired) electrons. The van der Waals surface area contributed by atoms with E-state index < -0.39 is 10.0 Å². The monoisotopic (exact) mass is 436 g/mol. The smallest absolute Gasteiger partial charge is 0.243 e. The molecule has 0 heterocycles. The van der Waals surface area contributed by atoms with Crippen LogP contribution in [-0.2, 0) is 21.4 Å². The largest absolute Gasteiger partial charge is 0.325 e. The molecule has 5 nitrogen and oxygen atoms in total.